The van der Waals surface area contributed by atoms with Crippen molar-refractivity contribution in [1.82, 2.24) is 19.4 Å². The summed E-state index contributed by atoms with van der Waals surface area (Å²) >= 11 is 0. The van der Waals surface area contributed by atoms with E-state index >= 15 is 0 Å². The molecule has 108 valence electrons. The highest BCUT2D eigenvalue weighted by Crippen LogP contribution is 2.15. The lowest BCUT2D eigenvalue weighted by molar-refractivity contribution is 0.441. The highest BCUT2D eigenvalue weighted by Gasteiger charge is 2.24. The molecule has 0 bridgehead atoms. The first kappa shape index (κ1) is 15.9. The molecule has 1 heterocycles. The van der Waals surface area contributed by atoms with Crippen LogP contribution in [0.4, 0.5) is 0 Å². The Morgan fingerprint density at radius 1 is 1.58 bits per heavy atom. The van der Waals surface area contributed by atoms with Crippen LogP contribution in [0.25, 0.3) is 0 Å². The molecule has 0 aliphatic carbocycles. The fourth-order valence-corrected chi connectivity index (χ4v) is 3.14. The minimum Gasteiger partial charge on any atom is -0.318 e. The highest BCUT2D eigenvalue weighted by molar-refractivity contribution is 7.89. The van der Waals surface area contributed by atoms with Crippen molar-refractivity contribution in [2.75, 3.05) is 26.7 Å². The lowest BCUT2D eigenvalue weighted by Crippen LogP contribution is -2.31. The Hall–Kier alpha value is -1.18. The molecular weight excluding hydrogens is 264 g/mol. The minimum absolute atomic E-state index is 0.235. The van der Waals surface area contributed by atoms with Gasteiger partial charge >= 0.3 is 0 Å². The summed E-state index contributed by atoms with van der Waals surface area (Å²) < 4.78 is 27.9. The van der Waals surface area contributed by atoms with Gasteiger partial charge in [-0.15, -0.1) is 6.58 Å². The maximum Gasteiger partial charge on any atom is 0.246 e. The SMILES string of the molecule is C=CCN(CCC)S(=O)(=O)c1cnn(CCNC)c1. The van der Waals surface area contributed by atoms with E-state index in [9.17, 15) is 8.42 Å². The van der Waals surface area contributed by atoms with Gasteiger partial charge in [-0.1, -0.05) is 13.0 Å². The largest absolute Gasteiger partial charge is 0.318 e. The Balaban J connectivity index is 2.90. The van der Waals surface area contributed by atoms with E-state index in [1.807, 2.05) is 14.0 Å². The molecular formula is C12H22N4O2S. The molecule has 19 heavy (non-hydrogen) atoms. The van der Waals surface area contributed by atoms with Gasteiger partial charge in [0.1, 0.15) is 4.90 Å². The van der Waals surface area contributed by atoms with E-state index in [-0.39, 0.29) is 4.90 Å². The molecule has 0 aliphatic heterocycles. The topological polar surface area (TPSA) is 67.2 Å². The normalized spacial score (nSPS) is 11.9. The number of likely N-dealkylation sites (N-methyl/N-ethyl adjacent to an activating group) is 1. The maximum atomic E-state index is 12.4. The zero-order valence-corrected chi connectivity index (χ0v) is 12.4. The van der Waals surface area contributed by atoms with Crippen molar-refractivity contribution in [2.24, 2.45) is 0 Å². The van der Waals surface area contributed by atoms with Gasteiger partial charge in [0, 0.05) is 25.8 Å². The monoisotopic (exact) mass is 286 g/mol. The number of hydrogen-bond donors (Lipinski definition) is 1. The predicted octanol–water partition coefficient (Wildman–Crippen LogP) is 0.689. The molecule has 0 spiro atoms. The molecule has 0 aliphatic rings. The van der Waals surface area contributed by atoms with Crippen LogP contribution in [0.5, 0.6) is 0 Å². The van der Waals surface area contributed by atoms with Gasteiger partial charge in [-0.05, 0) is 13.5 Å². The fraction of sp³-hybridized carbons (Fsp3) is 0.583. The van der Waals surface area contributed by atoms with Gasteiger partial charge in [-0.2, -0.15) is 9.40 Å². The summed E-state index contributed by atoms with van der Waals surface area (Å²) in [6, 6.07) is 0. The number of sulfonamides is 1. The lowest BCUT2D eigenvalue weighted by atomic mass is 10.5. The van der Waals surface area contributed by atoms with Crippen molar-refractivity contribution in [3.63, 3.8) is 0 Å². The van der Waals surface area contributed by atoms with E-state index in [1.54, 1.807) is 17.0 Å². The molecule has 0 fully saturated rings. The second-order valence-corrected chi connectivity index (χ2v) is 6.13. The third-order valence-electron chi connectivity index (χ3n) is 2.64. The smallest absolute Gasteiger partial charge is 0.246 e. The standard InChI is InChI=1S/C12H22N4O2S/c1-4-7-16(8-5-2)19(17,18)12-10-14-15(11-12)9-6-13-3/h4,10-11,13H,1,5-9H2,2-3H3. The zero-order chi connectivity index (χ0) is 14.3. The average molecular weight is 286 g/mol. The number of nitrogens with one attached hydrogen (secondary N) is 1. The third-order valence-corrected chi connectivity index (χ3v) is 4.46. The molecule has 0 radical (unpaired) electrons. The van der Waals surface area contributed by atoms with Crippen LogP contribution in [0.1, 0.15) is 13.3 Å². The molecule has 7 heteroatoms. The summed E-state index contributed by atoms with van der Waals surface area (Å²) in [6.45, 7) is 7.73. The Bertz CT molecular complexity index is 496. The van der Waals surface area contributed by atoms with Crippen molar-refractivity contribution < 1.29 is 8.42 Å². The van der Waals surface area contributed by atoms with Gasteiger partial charge in [0.15, 0.2) is 0 Å². The number of nitrogens with zero attached hydrogens (tertiary/aromatic N) is 3. The minimum atomic E-state index is -3.47. The zero-order valence-electron chi connectivity index (χ0n) is 11.5. The van der Waals surface area contributed by atoms with E-state index in [0.29, 0.717) is 19.6 Å². The van der Waals surface area contributed by atoms with Crippen LogP contribution in [-0.2, 0) is 16.6 Å². The first-order valence-corrected chi connectivity index (χ1v) is 7.78. The van der Waals surface area contributed by atoms with Crippen molar-refractivity contribution in [2.45, 2.75) is 24.8 Å². The Morgan fingerprint density at radius 3 is 2.89 bits per heavy atom. The summed E-state index contributed by atoms with van der Waals surface area (Å²) in [5.41, 5.74) is 0. The molecule has 1 aromatic rings. The van der Waals surface area contributed by atoms with Crippen LogP contribution in [0, 0.1) is 0 Å². The van der Waals surface area contributed by atoms with Gasteiger partial charge in [0.25, 0.3) is 0 Å². The van der Waals surface area contributed by atoms with Gasteiger partial charge in [0.05, 0.1) is 12.7 Å². The highest BCUT2D eigenvalue weighted by atomic mass is 32.2. The quantitative estimate of drug-likeness (QED) is 0.678. The Morgan fingerprint density at radius 2 is 2.32 bits per heavy atom. The molecule has 1 aromatic heterocycles. The van der Waals surface area contributed by atoms with Crippen molar-refractivity contribution in [3.8, 4) is 0 Å². The molecule has 0 atom stereocenters. The van der Waals surface area contributed by atoms with Crippen molar-refractivity contribution in [1.29, 1.82) is 0 Å². The predicted molar refractivity (Wildman–Crippen MR) is 75.4 cm³/mol. The maximum absolute atomic E-state index is 12.4. The molecule has 0 saturated heterocycles. The molecule has 0 aromatic carbocycles. The molecule has 6 nitrogen and oxygen atoms in total. The summed E-state index contributed by atoms with van der Waals surface area (Å²) in [7, 11) is -1.63. The molecule has 0 unspecified atom stereocenters. The Labute approximate surface area is 115 Å². The van der Waals surface area contributed by atoms with Crippen molar-refractivity contribution >= 4 is 10.0 Å². The van der Waals surface area contributed by atoms with Crippen LogP contribution in [-0.4, -0.2) is 49.2 Å². The van der Waals surface area contributed by atoms with E-state index < -0.39 is 10.0 Å². The average Bonchev–Trinajstić information content (AvgIpc) is 2.85. The van der Waals surface area contributed by atoms with Gasteiger partial charge < -0.3 is 5.32 Å². The lowest BCUT2D eigenvalue weighted by Gasteiger charge is -2.18. The van der Waals surface area contributed by atoms with Crippen molar-refractivity contribution in [3.05, 3.63) is 25.0 Å². The first-order valence-electron chi connectivity index (χ1n) is 6.34. The molecule has 1 rings (SSSR count). The second-order valence-electron chi connectivity index (χ2n) is 4.19. The number of aromatic nitrogens is 2. The second kappa shape index (κ2) is 7.42. The van der Waals surface area contributed by atoms with E-state index in [2.05, 4.69) is 17.0 Å². The summed E-state index contributed by atoms with van der Waals surface area (Å²) in [4.78, 5) is 0.235. The molecule has 0 saturated carbocycles. The number of hydrogen-bond acceptors (Lipinski definition) is 4. The van der Waals surface area contributed by atoms with Gasteiger partial charge in [0.2, 0.25) is 10.0 Å². The summed E-state index contributed by atoms with van der Waals surface area (Å²) in [5.74, 6) is 0. The van der Waals surface area contributed by atoms with Crippen LogP contribution in [0.3, 0.4) is 0 Å². The number of rotatable bonds is 9. The van der Waals surface area contributed by atoms with Crippen LogP contribution in [0.2, 0.25) is 0 Å². The van der Waals surface area contributed by atoms with Crippen LogP contribution >= 0.6 is 0 Å². The Kier molecular flexibility index (Phi) is 6.20. The molecule has 0 amide bonds. The molecule has 1 N–H and O–H groups in total. The summed E-state index contributed by atoms with van der Waals surface area (Å²) in [6.07, 6.45) is 5.33. The first-order chi connectivity index (χ1) is 9.06. The fourth-order valence-electron chi connectivity index (χ4n) is 1.68. The van der Waals surface area contributed by atoms with E-state index in [1.165, 1.54) is 10.5 Å². The van der Waals surface area contributed by atoms with Gasteiger partial charge in [-0.25, -0.2) is 8.42 Å². The van der Waals surface area contributed by atoms with Gasteiger partial charge in [-0.3, -0.25) is 4.68 Å². The van der Waals surface area contributed by atoms with Crippen LogP contribution in [0.15, 0.2) is 29.9 Å². The summed E-state index contributed by atoms with van der Waals surface area (Å²) in [5, 5.41) is 7.06. The van der Waals surface area contributed by atoms with Crippen LogP contribution < -0.4 is 5.32 Å². The van der Waals surface area contributed by atoms with E-state index in [4.69, 9.17) is 0 Å². The third kappa shape index (κ3) is 4.15. The van der Waals surface area contributed by atoms with E-state index in [0.717, 1.165) is 13.0 Å².